The average Bonchev–Trinajstić information content (AvgIpc) is 4.02. The third kappa shape index (κ3) is 11.1. The highest BCUT2D eigenvalue weighted by molar-refractivity contribution is 5.53. The number of piperazine rings is 3. The molecule has 3 atom stereocenters. The van der Waals surface area contributed by atoms with Crippen LogP contribution >= 0.6 is 0 Å². The lowest BCUT2D eigenvalue weighted by molar-refractivity contribution is -0.385. The molecule has 10 fully saturated rings. The summed E-state index contributed by atoms with van der Waals surface area (Å²) in [5.41, 5.74) is 3.87. The fraction of sp³-hybridized carbons (Fsp3) is 0.673. The number of fused-ring (bicyclic) bond motifs is 2. The minimum absolute atomic E-state index is 0.166. The molecule has 68 heavy (non-hydrogen) atoms. The predicted octanol–water partition coefficient (Wildman–Crippen LogP) is 9.84. The first-order valence-corrected chi connectivity index (χ1v) is 26.8. The van der Waals surface area contributed by atoms with E-state index in [2.05, 4.69) is 47.6 Å². The molecule has 3 aromatic rings. The van der Waals surface area contributed by atoms with Crippen molar-refractivity contribution in [2.45, 2.75) is 102 Å². The summed E-state index contributed by atoms with van der Waals surface area (Å²) in [6, 6.07) is 24.2. The molecule has 3 heterocycles. The molecule has 3 aliphatic heterocycles. The van der Waals surface area contributed by atoms with Gasteiger partial charge < -0.3 is 19.4 Å². The Morgan fingerprint density at radius 2 is 1.03 bits per heavy atom. The summed E-state index contributed by atoms with van der Waals surface area (Å²) < 4.78 is 5.39. The highest BCUT2D eigenvalue weighted by Gasteiger charge is 2.50. The number of nitro groups is 2. The average molecular weight is 931 g/mol. The van der Waals surface area contributed by atoms with E-state index >= 15 is 0 Å². The summed E-state index contributed by atoms with van der Waals surface area (Å²) in [6.45, 7) is 14.6. The van der Waals surface area contributed by atoms with E-state index in [1.54, 1.807) is 37.8 Å². The molecule has 13 rings (SSSR count). The second-order valence-corrected chi connectivity index (χ2v) is 22.2. The van der Waals surface area contributed by atoms with Crippen molar-refractivity contribution in [3.63, 3.8) is 0 Å². The van der Waals surface area contributed by atoms with E-state index in [9.17, 15) is 20.2 Å². The van der Waals surface area contributed by atoms with Gasteiger partial charge in [0.05, 0.1) is 17.0 Å². The number of benzene rings is 3. The molecule has 13 heteroatoms. The van der Waals surface area contributed by atoms with Crippen molar-refractivity contribution in [2.24, 2.45) is 41.4 Å². The van der Waals surface area contributed by atoms with Crippen molar-refractivity contribution >= 4 is 28.4 Å². The second kappa shape index (κ2) is 21.7. The second-order valence-electron chi connectivity index (χ2n) is 22.2. The number of hydrogen-bond acceptors (Lipinski definition) is 11. The van der Waals surface area contributed by atoms with Gasteiger partial charge in [0.2, 0.25) is 0 Å². The summed E-state index contributed by atoms with van der Waals surface area (Å²) in [5.74, 6) is 8.03. The first-order chi connectivity index (χ1) is 33.2. The van der Waals surface area contributed by atoms with Crippen molar-refractivity contribution in [1.82, 2.24) is 14.7 Å². The van der Waals surface area contributed by atoms with Gasteiger partial charge in [-0.05, 0) is 142 Å². The van der Waals surface area contributed by atoms with Crippen LogP contribution in [0.4, 0.5) is 28.4 Å². The summed E-state index contributed by atoms with van der Waals surface area (Å²) in [7, 11) is 1.75. The maximum atomic E-state index is 10.7. The lowest BCUT2D eigenvalue weighted by atomic mass is 9.54. The van der Waals surface area contributed by atoms with Gasteiger partial charge in [0.1, 0.15) is 5.75 Å². The number of non-ortho nitro benzene ring substituents is 2. The van der Waals surface area contributed by atoms with Crippen LogP contribution in [0.1, 0.15) is 89.9 Å². The molecule has 6 bridgehead atoms. The van der Waals surface area contributed by atoms with Crippen LogP contribution in [-0.2, 0) is 0 Å². The Kier molecular flexibility index (Phi) is 15.1. The smallest absolute Gasteiger partial charge is 0.269 e. The van der Waals surface area contributed by atoms with Gasteiger partial charge in [-0.2, -0.15) is 0 Å². The zero-order chi connectivity index (χ0) is 46.6. The zero-order valence-corrected chi connectivity index (χ0v) is 40.8. The van der Waals surface area contributed by atoms with E-state index in [1.807, 2.05) is 30.3 Å². The maximum absolute atomic E-state index is 10.7. The predicted molar refractivity (Wildman–Crippen MR) is 272 cm³/mol. The summed E-state index contributed by atoms with van der Waals surface area (Å²) in [5, 5.41) is 21.4. The fourth-order valence-corrected chi connectivity index (χ4v) is 15.0. The number of nitrogens with zero attached hydrogens (tertiary/aromatic N) is 8. The molecule has 10 aliphatic rings. The van der Waals surface area contributed by atoms with Crippen molar-refractivity contribution in [3.05, 3.63) is 93.0 Å². The van der Waals surface area contributed by atoms with Gasteiger partial charge >= 0.3 is 0 Å². The highest BCUT2D eigenvalue weighted by atomic mass is 16.6. The number of rotatable bonds is 10. The number of methoxy groups -OCH3 is 1. The van der Waals surface area contributed by atoms with Gasteiger partial charge in [0.15, 0.2) is 0 Å². The van der Waals surface area contributed by atoms with E-state index < -0.39 is 0 Å². The van der Waals surface area contributed by atoms with Gasteiger partial charge in [-0.3, -0.25) is 34.9 Å². The van der Waals surface area contributed by atoms with Crippen molar-refractivity contribution in [1.29, 1.82) is 0 Å². The summed E-state index contributed by atoms with van der Waals surface area (Å²) in [4.78, 5) is 36.1. The Labute approximate surface area is 405 Å². The van der Waals surface area contributed by atoms with Crippen LogP contribution in [0.25, 0.3) is 0 Å². The van der Waals surface area contributed by atoms with E-state index in [0.29, 0.717) is 0 Å². The van der Waals surface area contributed by atoms with Gasteiger partial charge in [-0.25, -0.2) is 0 Å². The number of nitro benzene ring substituents is 2. The van der Waals surface area contributed by atoms with Crippen LogP contribution in [0.15, 0.2) is 72.8 Å². The molecular formula is C55H78N8O5. The van der Waals surface area contributed by atoms with Crippen LogP contribution in [0.2, 0.25) is 0 Å². The Hall–Kier alpha value is -4.46. The number of hydrogen-bond donors (Lipinski definition) is 0. The van der Waals surface area contributed by atoms with E-state index in [4.69, 9.17) is 4.74 Å². The molecule has 3 saturated heterocycles. The minimum atomic E-state index is -0.341. The van der Waals surface area contributed by atoms with Crippen molar-refractivity contribution in [2.75, 3.05) is 107 Å². The van der Waals surface area contributed by atoms with Crippen molar-refractivity contribution < 1.29 is 14.6 Å². The molecule has 368 valence electrons. The lowest BCUT2D eigenvalue weighted by Gasteiger charge is -2.58. The van der Waals surface area contributed by atoms with Crippen LogP contribution in [0.5, 0.6) is 5.75 Å². The maximum Gasteiger partial charge on any atom is 0.269 e. The van der Waals surface area contributed by atoms with Gasteiger partial charge in [0.25, 0.3) is 11.4 Å². The molecule has 0 radical (unpaired) electrons. The Bertz CT molecular complexity index is 2080. The summed E-state index contributed by atoms with van der Waals surface area (Å²) in [6.07, 6.45) is 20.5. The minimum Gasteiger partial charge on any atom is -0.497 e. The van der Waals surface area contributed by atoms with E-state index in [0.717, 1.165) is 136 Å². The Morgan fingerprint density at radius 1 is 0.515 bits per heavy atom. The van der Waals surface area contributed by atoms with Crippen molar-refractivity contribution in [3.8, 4) is 5.75 Å². The Morgan fingerprint density at radius 3 is 1.53 bits per heavy atom. The third-order valence-corrected chi connectivity index (χ3v) is 18.3. The van der Waals surface area contributed by atoms with Crippen LogP contribution in [0, 0.1) is 61.7 Å². The van der Waals surface area contributed by atoms with Crippen LogP contribution in [0.3, 0.4) is 0 Å². The molecule has 7 aliphatic carbocycles. The highest BCUT2D eigenvalue weighted by Crippen LogP contribution is 2.55. The van der Waals surface area contributed by atoms with E-state index in [-0.39, 0.29) is 21.2 Å². The normalized spacial score (nSPS) is 30.6. The molecule has 0 aromatic heterocycles. The van der Waals surface area contributed by atoms with Crippen LogP contribution in [-0.4, -0.2) is 129 Å². The van der Waals surface area contributed by atoms with Crippen LogP contribution < -0.4 is 19.4 Å². The molecule has 13 nitrogen and oxygen atoms in total. The molecule has 3 aromatic carbocycles. The SMILES string of the molecule is COc1cccc(N2CCN(C3C4CC5CC(C4)CC3C5)CC2)c1.O=[N+]([O-])c1ccc(N2CCN(C3CC4CCC3C4)CC2)cc1.O=[N+]([O-])c1ccc(N2CCN(CC3CCCCC3)CC2)cc1. The molecule has 0 spiro atoms. The molecule has 0 N–H and O–H groups in total. The lowest BCUT2D eigenvalue weighted by Crippen LogP contribution is -2.60. The fourth-order valence-electron chi connectivity index (χ4n) is 15.0. The Balaban J connectivity index is 0.000000119. The van der Waals surface area contributed by atoms with Gasteiger partial charge in [-0.1, -0.05) is 31.7 Å². The quantitative estimate of drug-likeness (QED) is 0.143. The first kappa shape index (κ1) is 47.2. The monoisotopic (exact) mass is 931 g/mol. The molecule has 0 amide bonds. The zero-order valence-electron chi connectivity index (χ0n) is 40.8. The largest absolute Gasteiger partial charge is 0.497 e. The standard InChI is InChI=1S/C21H30N2O.C17H23N3O2.C17H25N3O2/c1-24-20-4-2-3-19(14-20)22-5-7-23(8-6-22)21-17-10-15-9-16(12-17)13-18(21)11-15;21-20(22)16-5-3-15(4-6-16)18-7-9-19(10-8-18)17-12-13-1-2-14(17)11-13;21-20(22)17-8-6-16(7-9-17)19-12-10-18(11-13-19)14-15-4-2-1-3-5-15/h2-4,14-18,21H,5-13H2,1H3;3-6,13-14,17H,1-2,7-12H2;6-9,15H,1-5,10-14H2. The molecular weight excluding hydrogens is 853 g/mol. The van der Waals surface area contributed by atoms with Gasteiger partial charge in [0, 0.05) is 145 Å². The molecule has 3 unspecified atom stereocenters. The summed E-state index contributed by atoms with van der Waals surface area (Å²) >= 11 is 0. The first-order valence-electron chi connectivity index (χ1n) is 26.8. The third-order valence-electron chi connectivity index (χ3n) is 18.3. The van der Waals surface area contributed by atoms with E-state index in [1.165, 1.54) is 109 Å². The number of ether oxygens (including phenoxy) is 1. The topological polar surface area (TPSA) is 115 Å². The molecule has 7 saturated carbocycles. The van der Waals surface area contributed by atoms with Gasteiger partial charge in [-0.15, -0.1) is 0 Å². The number of anilines is 3.